The smallest absolute Gasteiger partial charge is 0.208 e. The lowest BCUT2D eigenvalue weighted by Gasteiger charge is -2.14. The Balaban J connectivity index is 0.00000169. The Morgan fingerprint density at radius 3 is 1.62 bits per heavy atom. The van der Waals surface area contributed by atoms with E-state index >= 15 is 0 Å². The van der Waals surface area contributed by atoms with Crippen molar-refractivity contribution in [3.8, 4) is 0 Å². The molecule has 3 aromatic carbocycles. The first kappa shape index (κ1) is 16.2. The molecule has 0 saturated carbocycles. The molecule has 0 saturated heterocycles. The van der Waals surface area contributed by atoms with Crippen molar-refractivity contribution in [2.45, 2.75) is 6.04 Å². The summed E-state index contributed by atoms with van der Waals surface area (Å²) in [5.74, 6) is 0. The molecule has 0 fully saturated rings. The summed E-state index contributed by atoms with van der Waals surface area (Å²) in [6.45, 7) is 0. The second kappa shape index (κ2) is 7.29. The molecule has 0 unspecified atom stereocenters. The molecule has 0 amide bonds. The van der Waals surface area contributed by atoms with Crippen LogP contribution in [0.5, 0.6) is 0 Å². The zero-order valence-electron chi connectivity index (χ0n) is 13.2. The Labute approximate surface area is 148 Å². The highest BCUT2D eigenvalue weighted by Gasteiger charge is 2.23. The maximum absolute atomic E-state index is 2.30. The summed E-state index contributed by atoms with van der Waals surface area (Å²) < 4.78 is 2.30. The number of fused-ring (bicyclic) bond motifs is 1. The molecule has 0 aliphatic rings. The molecule has 4 rings (SSSR count). The zero-order valence-corrected chi connectivity index (χ0v) is 14.0. The van der Waals surface area contributed by atoms with Crippen molar-refractivity contribution in [2.75, 3.05) is 0 Å². The molecule has 0 radical (unpaired) electrons. The van der Waals surface area contributed by atoms with Gasteiger partial charge in [0.2, 0.25) is 6.04 Å². The highest BCUT2D eigenvalue weighted by Crippen LogP contribution is 2.22. The first-order valence-corrected chi connectivity index (χ1v) is 7.91. The van der Waals surface area contributed by atoms with Crippen molar-refractivity contribution >= 4 is 10.8 Å². The average molecular weight is 332 g/mol. The lowest BCUT2D eigenvalue weighted by molar-refractivity contribution is -0.703. The van der Waals surface area contributed by atoms with Crippen LogP contribution < -0.4 is 17.0 Å². The number of aromatic nitrogens is 1. The van der Waals surface area contributed by atoms with Crippen LogP contribution in [0.15, 0.2) is 103 Å². The largest absolute Gasteiger partial charge is 1.00 e. The number of benzene rings is 3. The molecule has 0 bridgehead atoms. The van der Waals surface area contributed by atoms with Crippen LogP contribution in [-0.2, 0) is 0 Å². The van der Waals surface area contributed by atoms with Crippen LogP contribution in [0, 0.1) is 0 Å². The first-order valence-electron chi connectivity index (χ1n) is 7.91. The van der Waals surface area contributed by atoms with Gasteiger partial charge in [-0.15, -0.1) is 0 Å². The predicted molar refractivity (Wildman–Crippen MR) is 94.3 cm³/mol. The van der Waals surface area contributed by atoms with Gasteiger partial charge in [0.25, 0.3) is 0 Å². The SMILES string of the molecule is [Cl-].c1ccc(C(c2ccccc2)[n+]2ccc3ccccc3c2)cc1. The van der Waals surface area contributed by atoms with Crippen LogP contribution in [0.3, 0.4) is 0 Å². The van der Waals surface area contributed by atoms with Crippen molar-refractivity contribution in [3.05, 3.63) is 115 Å². The minimum atomic E-state index is 0. The van der Waals surface area contributed by atoms with E-state index in [4.69, 9.17) is 0 Å². The van der Waals surface area contributed by atoms with Gasteiger partial charge in [-0.05, 0) is 11.5 Å². The van der Waals surface area contributed by atoms with Gasteiger partial charge in [0.15, 0.2) is 12.4 Å². The molecule has 1 aromatic heterocycles. The van der Waals surface area contributed by atoms with E-state index in [0.29, 0.717) is 0 Å². The Morgan fingerprint density at radius 1 is 0.542 bits per heavy atom. The zero-order chi connectivity index (χ0) is 15.5. The van der Waals surface area contributed by atoms with E-state index < -0.39 is 0 Å². The van der Waals surface area contributed by atoms with Crippen LogP contribution in [0.1, 0.15) is 17.2 Å². The Bertz CT molecular complexity index is 880. The molecule has 0 aliphatic heterocycles. The first-order chi connectivity index (χ1) is 11.4. The van der Waals surface area contributed by atoms with Gasteiger partial charge in [0.05, 0.1) is 0 Å². The lowest BCUT2D eigenvalue weighted by Crippen LogP contribution is -3.00. The van der Waals surface area contributed by atoms with E-state index in [1.807, 2.05) is 0 Å². The molecular formula is C22H18ClN. The topological polar surface area (TPSA) is 3.88 Å². The minimum absolute atomic E-state index is 0. The molecule has 24 heavy (non-hydrogen) atoms. The quantitative estimate of drug-likeness (QED) is 0.504. The number of nitrogens with zero attached hydrogens (tertiary/aromatic N) is 1. The third-order valence-electron chi connectivity index (χ3n) is 4.24. The Kier molecular flexibility index (Phi) is 4.93. The van der Waals surface area contributed by atoms with E-state index in [1.54, 1.807) is 0 Å². The van der Waals surface area contributed by atoms with E-state index in [1.165, 1.54) is 21.9 Å². The number of hydrogen-bond acceptors (Lipinski definition) is 0. The summed E-state index contributed by atoms with van der Waals surface area (Å²) in [6.07, 6.45) is 4.41. The summed E-state index contributed by atoms with van der Waals surface area (Å²) in [6, 6.07) is 32.2. The fourth-order valence-corrected chi connectivity index (χ4v) is 3.12. The van der Waals surface area contributed by atoms with E-state index in [2.05, 4.69) is 108 Å². The van der Waals surface area contributed by atoms with Crippen LogP contribution in [0.25, 0.3) is 10.8 Å². The lowest BCUT2D eigenvalue weighted by atomic mass is 9.98. The second-order valence-electron chi connectivity index (χ2n) is 5.74. The highest BCUT2D eigenvalue weighted by molar-refractivity contribution is 5.80. The van der Waals surface area contributed by atoms with Gasteiger partial charge in [0, 0.05) is 22.6 Å². The normalized spacial score (nSPS) is 10.5. The van der Waals surface area contributed by atoms with Crippen LogP contribution in [0.4, 0.5) is 0 Å². The molecule has 0 spiro atoms. The molecule has 1 nitrogen and oxygen atoms in total. The van der Waals surface area contributed by atoms with Gasteiger partial charge in [-0.2, -0.15) is 4.57 Å². The maximum Gasteiger partial charge on any atom is 0.208 e. The summed E-state index contributed by atoms with van der Waals surface area (Å²) in [5, 5.41) is 2.52. The van der Waals surface area contributed by atoms with Crippen molar-refractivity contribution in [2.24, 2.45) is 0 Å². The molecule has 118 valence electrons. The maximum atomic E-state index is 2.30. The molecule has 4 aromatic rings. The third-order valence-corrected chi connectivity index (χ3v) is 4.24. The molecule has 0 atom stereocenters. The van der Waals surface area contributed by atoms with Crippen molar-refractivity contribution in [3.63, 3.8) is 0 Å². The number of halogens is 1. The van der Waals surface area contributed by atoms with E-state index in [-0.39, 0.29) is 18.4 Å². The molecule has 0 N–H and O–H groups in total. The Hall–Kier alpha value is -2.64. The van der Waals surface area contributed by atoms with Gasteiger partial charge < -0.3 is 12.4 Å². The van der Waals surface area contributed by atoms with Gasteiger partial charge in [-0.3, -0.25) is 0 Å². The summed E-state index contributed by atoms with van der Waals surface area (Å²) in [5.41, 5.74) is 2.58. The number of hydrogen-bond donors (Lipinski definition) is 0. The van der Waals surface area contributed by atoms with Crippen molar-refractivity contribution < 1.29 is 17.0 Å². The van der Waals surface area contributed by atoms with Gasteiger partial charge in [-0.1, -0.05) is 78.9 Å². The van der Waals surface area contributed by atoms with Crippen LogP contribution >= 0.6 is 0 Å². The van der Waals surface area contributed by atoms with Crippen LogP contribution in [0.2, 0.25) is 0 Å². The fourth-order valence-electron chi connectivity index (χ4n) is 3.12. The minimum Gasteiger partial charge on any atom is -1.00 e. The number of rotatable bonds is 3. The Morgan fingerprint density at radius 2 is 1.04 bits per heavy atom. The summed E-state index contributed by atoms with van der Waals surface area (Å²) in [4.78, 5) is 0. The second-order valence-corrected chi connectivity index (χ2v) is 5.74. The standard InChI is InChI=1S/C22H18N.ClH/c1-3-10-19(11-4-1)22(20-12-5-2-6-13-20)23-16-15-18-9-7-8-14-21(18)17-23;/h1-17,22H;1H/q+1;/p-1. The average Bonchev–Trinajstić information content (AvgIpc) is 2.64. The summed E-state index contributed by atoms with van der Waals surface area (Å²) >= 11 is 0. The van der Waals surface area contributed by atoms with E-state index in [9.17, 15) is 0 Å². The van der Waals surface area contributed by atoms with Gasteiger partial charge >= 0.3 is 0 Å². The molecule has 2 heteroatoms. The fraction of sp³-hybridized carbons (Fsp3) is 0.0455. The van der Waals surface area contributed by atoms with E-state index in [0.717, 1.165) is 0 Å². The molecule has 1 heterocycles. The highest BCUT2D eigenvalue weighted by atomic mass is 35.5. The summed E-state index contributed by atoms with van der Waals surface area (Å²) in [7, 11) is 0. The molecular weight excluding hydrogens is 314 g/mol. The van der Waals surface area contributed by atoms with Gasteiger partial charge in [0.1, 0.15) is 0 Å². The number of pyridine rings is 1. The molecule has 0 aliphatic carbocycles. The predicted octanol–water partition coefficient (Wildman–Crippen LogP) is 1.77. The van der Waals surface area contributed by atoms with Crippen LogP contribution in [-0.4, -0.2) is 0 Å². The van der Waals surface area contributed by atoms with Crippen molar-refractivity contribution in [1.29, 1.82) is 0 Å². The van der Waals surface area contributed by atoms with Crippen molar-refractivity contribution in [1.82, 2.24) is 0 Å². The van der Waals surface area contributed by atoms with Gasteiger partial charge in [-0.25, -0.2) is 0 Å². The third kappa shape index (κ3) is 3.17. The monoisotopic (exact) mass is 331 g/mol.